The molecule has 2 heterocycles. The zero-order chi connectivity index (χ0) is 30.6. The Morgan fingerprint density at radius 1 is 1.09 bits per heavy atom. The number of nitrogens with one attached hydrogen (secondary N) is 2. The van der Waals surface area contributed by atoms with Crippen LogP contribution in [0.5, 0.6) is 5.75 Å². The third kappa shape index (κ3) is 7.37. The first-order chi connectivity index (χ1) is 20.6. The summed E-state index contributed by atoms with van der Waals surface area (Å²) in [4.78, 5) is 28.0. The quantitative estimate of drug-likeness (QED) is 0.300. The number of aliphatic hydroxyl groups is 1. The highest BCUT2D eigenvalue weighted by atomic mass is 19.4. The molecule has 10 heteroatoms. The average Bonchev–Trinajstić information content (AvgIpc) is 3.42. The van der Waals surface area contributed by atoms with Crippen molar-refractivity contribution in [3.8, 4) is 5.75 Å². The number of alkyl halides is 3. The molecule has 0 aromatic heterocycles. The second-order valence-electron chi connectivity index (χ2n) is 11.3. The van der Waals surface area contributed by atoms with Gasteiger partial charge in [-0.2, -0.15) is 13.2 Å². The predicted molar refractivity (Wildman–Crippen MR) is 157 cm³/mol. The number of hydrogen-bond acceptors (Lipinski definition) is 5. The molecule has 0 radical (unpaired) electrons. The number of carbonyl (C=O) groups is 2. The van der Waals surface area contributed by atoms with Crippen molar-refractivity contribution in [3.63, 3.8) is 0 Å². The molecule has 5 rings (SSSR count). The molecule has 3 aromatic rings. The van der Waals surface area contributed by atoms with E-state index in [4.69, 9.17) is 4.74 Å². The van der Waals surface area contributed by atoms with Crippen LogP contribution in [-0.2, 0) is 23.9 Å². The Hall–Kier alpha value is -3.89. The maximum atomic E-state index is 13.7. The fourth-order valence-electron chi connectivity index (χ4n) is 5.65. The van der Waals surface area contributed by atoms with Crippen LogP contribution in [0.3, 0.4) is 0 Å². The number of hydrogen-bond donors (Lipinski definition) is 3. The van der Waals surface area contributed by atoms with E-state index in [1.54, 1.807) is 23.1 Å². The van der Waals surface area contributed by atoms with Crippen LogP contribution in [-0.4, -0.2) is 48.8 Å². The fraction of sp³-hybridized carbons (Fsp3) is 0.394. The number of amides is 2. The number of rotatable bonds is 10. The van der Waals surface area contributed by atoms with Crippen LogP contribution in [0.1, 0.15) is 64.7 Å². The number of ether oxygens (including phenoxy) is 1. The fourth-order valence-corrected chi connectivity index (χ4v) is 5.65. The van der Waals surface area contributed by atoms with Crippen molar-refractivity contribution in [1.29, 1.82) is 0 Å². The Labute approximate surface area is 249 Å². The third-order valence-electron chi connectivity index (χ3n) is 8.07. The highest BCUT2D eigenvalue weighted by molar-refractivity contribution is 6.01. The summed E-state index contributed by atoms with van der Waals surface area (Å²) >= 11 is 0. The number of carbonyl (C=O) groups excluding carboxylic acids is 2. The second-order valence-corrected chi connectivity index (χ2v) is 11.3. The van der Waals surface area contributed by atoms with Gasteiger partial charge in [-0.05, 0) is 54.5 Å². The van der Waals surface area contributed by atoms with Gasteiger partial charge in [0.1, 0.15) is 5.75 Å². The van der Waals surface area contributed by atoms with Crippen molar-refractivity contribution in [2.75, 3.05) is 24.6 Å². The molecule has 7 nitrogen and oxygen atoms in total. The molecule has 3 N–H and O–H groups in total. The molecule has 1 fully saturated rings. The van der Waals surface area contributed by atoms with Crippen molar-refractivity contribution in [3.05, 3.63) is 94.5 Å². The van der Waals surface area contributed by atoms with E-state index in [2.05, 4.69) is 17.6 Å². The molecular formula is C33H36F3N3O4. The Morgan fingerprint density at radius 3 is 2.58 bits per heavy atom. The summed E-state index contributed by atoms with van der Waals surface area (Å²) in [6, 6.07) is 17.2. The van der Waals surface area contributed by atoms with Crippen molar-refractivity contribution in [2.45, 2.75) is 63.4 Å². The monoisotopic (exact) mass is 595 g/mol. The van der Waals surface area contributed by atoms with E-state index in [1.807, 2.05) is 30.3 Å². The van der Waals surface area contributed by atoms with Crippen LogP contribution < -0.4 is 20.3 Å². The maximum absolute atomic E-state index is 13.7. The van der Waals surface area contributed by atoms with Crippen LogP contribution in [0.25, 0.3) is 0 Å². The molecular weight excluding hydrogens is 559 g/mol. The van der Waals surface area contributed by atoms with E-state index in [1.165, 1.54) is 6.07 Å². The minimum absolute atomic E-state index is 0.00851. The highest BCUT2D eigenvalue weighted by Gasteiger charge is 2.32. The summed E-state index contributed by atoms with van der Waals surface area (Å²) in [5, 5.41) is 17.2. The Balaban J connectivity index is 1.34. The molecule has 0 spiro atoms. The lowest BCUT2D eigenvalue weighted by atomic mass is 9.91. The molecule has 228 valence electrons. The average molecular weight is 596 g/mol. The second kappa shape index (κ2) is 13.2. The molecule has 2 aliphatic heterocycles. The van der Waals surface area contributed by atoms with Gasteiger partial charge in [0.15, 0.2) is 0 Å². The summed E-state index contributed by atoms with van der Waals surface area (Å²) in [7, 11) is 0. The Bertz CT molecular complexity index is 1450. The number of anilines is 1. The SMILES string of the molecule is CC1CCOc2c1cc(C(=O)N[C@@H](Cc1ccccc1)[C@@H](O)CNCc1cccc(C(F)(F)F)c1)cc2N1CCCC1=O. The lowest BCUT2D eigenvalue weighted by molar-refractivity contribution is -0.137. The van der Waals surface area contributed by atoms with Gasteiger partial charge in [0.2, 0.25) is 5.91 Å². The van der Waals surface area contributed by atoms with Gasteiger partial charge in [0, 0.05) is 37.2 Å². The summed E-state index contributed by atoms with van der Waals surface area (Å²) in [5.74, 6) is 0.376. The van der Waals surface area contributed by atoms with E-state index in [-0.39, 0.29) is 24.9 Å². The summed E-state index contributed by atoms with van der Waals surface area (Å²) < 4.78 is 45.3. The number of nitrogens with zero attached hydrogens (tertiary/aromatic N) is 1. The van der Waals surface area contributed by atoms with E-state index in [0.29, 0.717) is 48.6 Å². The van der Waals surface area contributed by atoms with Gasteiger partial charge in [-0.15, -0.1) is 0 Å². The van der Waals surface area contributed by atoms with E-state index in [0.717, 1.165) is 36.1 Å². The largest absolute Gasteiger partial charge is 0.491 e. The third-order valence-corrected chi connectivity index (χ3v) is 8.07. The van der Waals surface area contributed by atoms with E-state index < -0.39 is 29.8 Å². The van der Waals surface area contributed by atoms with Crippen molar-refractivity contribution < 1.29 is 32.6 Å². The first-order valence-electron chi connectivity index (χ1n) is 14.6. The topological polar surface area (TPSA) is 90.9 Å². The van der Waals surface area contributed by atoms with Gasteiger partial charge < -0.3 is 25.4 Å². The lowest BCUT2D eigenvalue weighted by Crippen LogP contribution is -2.48. The van der Waals surface area contributed by atoms with Gasteiger partial charge in [0.05, 0.1) is 30.0 Å². The van der Waals surface area contributed by atoms with Gasteiger partial charge in [-0.1, -0.05) is 55.5 Å². The zero-order valence-corrected chi connectivity index (χ0v) is 24.0. The molecule has 3 aromatic carbocycles. The molecule has 1 unspecified atom stereocenters. The van der Waals surface area contributed by atoms with E-state index >= 15 is 0 Å². The molecule has 3 atom stereocenters. The minimum Gasteiger partial charge on any atom is -0.491 e. The van der Waals surface area contributed by atoms with Gasteiger partial charge >= 0.3 is 6.18 Å². The highest BCUT2D eigenvalue weighted by Crippen LogP contribution is 2.43. The van der Waals surface area contributed by atoms with Crippen LogP contribution in [0.4, 0.5) is 18.9 Å². The predicted octanol–water partition coefficient (Wildman–Crippen LogP) is 5.21. The first-order valence-corrected chi connectivity index (χ1v) is 14.6. The van der Waals surface area contributed by atoms with Crippen LogP contribution >= 0.6 is 0 Å². The van der Waals surface area contributed by atoms with Crippen LogP contribution in [0.2, 0.25) is 0 Å². The molecule has 0 saturated carbocycles. The summed E-state index contributed by atoms with van der Waals surface area (Å²) in [6.45, 7) is 3.31. The first kappa shape index (κ1) is 30.6. The van der Waals surface area contributed by atoms with Gasteiger partial charge in [-0.25, -0.2) is 0 Å². The summed E-state index contributed by atoms with van der Waals surface area (Å²) in [6.07, 6.45) is -3.19. The number of aliphatic hydroxyl groups excluding tert-OH is 1. The van der Waals surface area contributed by atoms with Crippen LogP contribution in [0, 0.1) is 0 Å². The Morgan fingerprint density at radius 2 is 1.86 bits per heavy atom. The number of fused-ring (bicyclic) bond motifs is 1. The number of halogens is 3. The van der Waals surface area contributed by atoms with Gasteiger partial charge in [-0.3, -0.25) is 9.59 Å². The normalized spacial score (nSPS) is 18.1. The molecule has 0 bridgehead atoms. The van der Waals surface area contributed by atoms with Crippen molar-refractivity contribution in [1.82, 2.24) is 10.6 Å². The molecule has 2 aliphatic rings. The molecule has 0 aliphatic carbocycles. The molecule has 2 amide bonds. The number of benzene rings is 3. The zero-order valence-electron chi connectivity index (χ0n) is 24.0. The standard InChI is InChI=1S/C33H36F3N3O4/c1-21-12-14-43-31-26(21)17-24(18-28(31)39-13-6-11-30(39)41)32(42)38-27(16-22-7-3-2-4-8-22)29(40)20-37-19-23-9-5-10-25(15-23)33(34,35)36/h2-5,7-10,15,17-18,21,27,29,37,40H,6,11-14,16,19-20H2,1H3,(H,38,42)/t21?,27-,29-/m0/s1. The van der Waals surface area contributed by atoms with Crippen molar-refractivity contribution in [2.24, 2.45) is 0 Å². The van der Waals surface area contributed by atoms with Crippen LogP contribution in [0.15, 0.2) is 66.7 Å². The maximum Gasteiger partial charge on any atom is 0.416 e. The van der Waals surface area contributed by atoms with Gasteiger partial charge in [0.25, 0.3) is 5.91 Å². The Kier molecular flexibility index (Phi) is 9.37. The van der Waals surface area contributed by atoms with E-state index in [9.17, 15) is 27.9 Å². The van der Waals surface area contributed by atoms with Crippen molar-refractivity contribution >= 4 is 17.5 Å². The lowest BCUT2D eigenvalue weighted by Gasteiger charge is -2.30. The smallest absolute Gasteiger partial charge is 0.416 e. The summed E-state index contributed by atoms with van der Waals surface area (Å²) in [5.41, 5.74) is 2.44. The minimum atomic E-state index is -4.44. The molecule has 1 saturated heterocycles. The molecule has 43 heavy (non-hydrogen) atoms.